The Morgan fingerprint density at radius 1 is 1.17 bits per heavy atom. The van der Waals surface area contributed by atoms with Crippen LogP contribution in [0.15, 0.2) is 48.5 Å². The summed E-state index contributed by atoms with van der Waals surface area (Å²) in [5, 5.41) is 11.1. The van der Waals surface area contributed by atoms with Crippen molar-refractivity contribution in [2.24, 2.45) is 5.92 Å². The van der Waals surface area contributed by atoms with E-state index in [2.05, 4.69) is 32.2 Å². The van der Waals surface area contributed by atoms with Crippen LogP contribution in [-0.2, 0) is 15.1 Å². The number of amides is 1. The molecule has 0 aromatic heterocycles. The molecule has 0 aliphatic carbocycles. The number of nitrogens with zero attached hydrogens (tertiary/aromatic N) is 1. The molecule has 1 spiro atoms. The van der Waals surface area contributed by atoms with Crippen molar-refractivity contribution in [1.29, 1.82) is 0 Å². The Hall–Kier alpha value is -2.15. The second kappa shape index (κ2) is 7.52. The highest BCUT2D eigenvalue weighted by molar-refractivity contribution is 6.91. The van der Waals surface area contributed by atoms with Crippen LogP contribution in [0.25, 0.3) is 0 Å². The Kier molecular flexibility index (Phi) is 5.29. The third-order valence-electron chi connectivity index (χ3n) is 7.29. The highest BCUT2D eigenvalue weighted by atomic mass is 28.3. The van der Waals surface area contributed by atoms with Gasteiger partial charge in [-0.15, -0.1) is 0 Å². The summed E-state index contributed by atoms with van der Waals surface area (Å²) in [4.78, 5) is 15.3. The Morgan fingerprint density at radius 3 is 2.47 bits per heavy atom. The molecule has 1 saturated heterocycles. The summed E-state index contributed by atoms with van der Waals surface area (Å²) >= 11 is 0. The summed E-state index contributed by atoms with van der Waals surface area (Å²) in [6.45, 7) is 6.90. The second-order valence-corrected chi connectivity index (χ2v) is 13.7. The number of rotatable bonds is 5. The van der Waals surface area contributed by atoms with Crippen molar-refractivity contribution in [2.45, 2.75) is 43.7 Å². The number of hydrogen-bond acceptors (Lipinski definition) is 4. The van der Waals surface area contributed by atoms with Crippen molar-refractivity contribution in [3.05, 3.63) is 54.1 Å². The number of aliphatic hydroxyl groups is 1. The average Bonchev–Trinajstić information content (AvgIpc) is 3.16. The van der Waals surface area contributed by atoms with E-state index in [9.17, 15) is 9.90 Å². The van der Waals surface area contributed by atoms with E-state index >= 15 is 0 Å². The third kappa shape index (κ3) is 2.85. The van der Waals surface area contributed by atoms with E-state index in [0.717, 1.165) is 17.0 Å². The molecule has 30 heavy (non-hydrogen) atoms. The van der Waals surface area contributed by atoms with Gasteiger partial charge in [0.15, 0.2) is 5.60 Å². The molecular formula is C24H31NO4Si. The number of fused-ring (bicyclic) bond motifs is 2. The summed E-state index contributed by atoms with van der Waals surface area (Å²) in [6.07, 6.45) is 0.361. The van der Waals surface area contributed by atoms with E-state index in [1.165, 1.54) is 5.19 Å². The predicted octanol–water partition coefficient (Wildman–Crippen LogP) is 3.27. The Bertz CT molecular complexity index is 944. The first-order chi connectivity index (χ1) is 14.3. The van der Waals surface area contributed by atoms with Crippen molar-refractivity contribution >= 4 is 24.9 Å². The minimum Gasteiger partial charge on any atom is -0.497 e. The van der Waals surface area contributed by atoms with Gasteiger partial charge in [0.05, 0.1) is 27.0 Å². The predicted molar refractivity (Wildman–Crippen MR) is 121 cm³/mol. The highest BCUT2D eigenvalue weighted by Crippen LogP contribution is 2.59. The first kappa shape index (κ1) is 21.1. The van der Waals surface area contributed by atoms with Gasteiger partial charge in [-0.25, -0.2) is 0 Å². The van der Waals surface area contributed by atoms with Crippen molar-refractivity contribution in [3.8, 4) is 5.75 Å². The van der Waals surface area contributed by atoms with Crippen LogP contribution in [0.4, 0.5) is 5.69 Å². The molecule has 4 atom stereocenters. The zero-order valence-electron chi connectivity index (χ0n) is 18.4. The van der Waals surface area contributed by atoms with Crippen LogP contribution < -0.4 is 14.8 Å². The van der Waals surface area contributed by atoms with Crippen LogP contribution in [-0.4, -0.2) is 46.0 Å². The van der Waals surface area contributed by atoms with Crippen LogP contribution in [0.2, 0.25) is 18.6 Å². The maximum Gasteiger partial charge on any atom is 0.264 e. The number of carbonyl (C=O) groups is 1. The first-order valence-electron chi connectivity index (χ1n) is 10.6. The molecule has 4 rings (SSSR count). The maximum absolute atomic E-state index is 13.6. The molecule has 2 aromatic rings. The Morgan fingerprint density at radius 2 is 1.83 bits per heavy atom. The molecule has 1 fully saturated rings. The van der Waals surface area contributed by atoms with Gasteiger partial charge in [0.1, 0.15) is 5.75 Å². The number of methoxy groups -OCH3 is 1. The molecule has 1 N–H and O–H groups in total. The van der Waals surface area contributed by atoms with E-state index in [4.69, 9.17) is 9.47 Å². The van der Waals surface area contributed by atoms with Crippen LogP contribution >= 0.6 is 0 Å². The minimum atomic E-state index is -2.07. The van der Waals surface area contributed by atoms with E-state index < -0.39 is 13.7 Å². The molecular weight excluding hydrogens is 394 g/mol. The Labute approximate surface area is 179 Å². The standard InChI is InChI=1S/C24H31NO4Si/c1-16-22(30(4,5)18-12-10-17(28-3)11-13-18)21(14-15-26)29-24(16)19-8-6-7-9-20(19)25(2)23(24)27/h6-13,16,21-22,26H,14-15H2,1-5H3/t16-,21+,22-,24-/m1/s1. The number of ether oxygens (including phenoxy) is 2. The van der Waals surface area contributed by atoms with Crippen molar-refractivity contribution < 1.29 is 19.4 Å². The van der Waals surface area contributed by atoms with Crippen molar-refractivity contribution in [3.63, 3.8) is 0 Å². The number of benzene rings is 2. The minimum absolute atomic E-state index is 0.00108. The molecule has 160 valence electrons. The van der Waals surface area contributed by atoms with Gasteiger partial charge >= 0.3 is 0 Å². The molecule has 2 aromatic carbocycles. The Balaban J connectivity index is 1.81. The zero-order valence-corrected chi connectivity index (χ0v) is 19.4. The molecule has 0 radical (unpaired) electrons. The van der Waals surface area contributed by atoms with Gasteiger partial charge in [-0.3, -0.25) is 4.79 Å². The largest absolute Gasteiger partial charge is 0.497 e. The van der Waals surface area contributed by atoms with Gasteiger partial charge in [0, 0.05) is 25.1 Å². The second-order valence-electron chi connectivity index (χ2n) is 9.05. The topological polar surface area (TPSA) is 59.0 Å². The highest BCUT2D eigenvalue weighted by Gasteiger charge is 2.65. The number of hydrogen-bond donors (Lipinski definition) is 1. The van der Waals surface area contributed by atoms with Crippen LogP contribution in [0, 0.1) is 5.92 Å². The number of para-hydroxylation sites is 1. The summed E-state index contributed by atoms with van der Waals surface area (Å²) in [7, 11) is 1.42. The molecule has 6 heteroatoms. The fourth-order valence-corrected chi connectivity index (χ4v) is 9.83. The first-order valence-corrected chi connectivity index (χ1v) is 13.7. The molecule has 5 nitrogen and oxygen atoms in total. The lowest BCUT2D eigenvalue weighted by Gasteiger charge is -2.37. The molecule has 0 unspecified atom stereocenters. The normalized spacial score (nSPS) is 28.3. The van der Waals surface area contributed by atoms with Gasteiger partial charge in [-0.1, -0.05) is 55.5 Å². The summed E-state index contributed by atoms with van der Waals surface area (Å²) in [5.74, 6) is 0.835. The lowest BCUT2D eigenvalue weighted by atomic mass is 9.82. The van der Waals surface area contributed by atoms with E-state index in [1.807, 2.05) is 43.4 Å². The summed E-state index contributed by atoms with van der Waals surface area (Å²) in [6, 6.07) is 16.2. The fraction of sp³-hybridized carbons (Fsp3) is 0.458. The third-order valence-corrected chi connectivity index (χ3v) is 11.6. The SMILES string of the molecule is COc1ccc([Si](C)(C)[C@H]2[C@H](CCO)O[C@]3(C(=O)N(C)c4ccccc43)[C@@H]2C)cc1. The summed E-state index contributed by atoms with van der Waals surface area (Å²) in [5.41, 5.74) is 1.07. The molecule has 2 heterocycles. The lowest BCUT2D eigenvalue weighted by molar-refractivity contribution is -0.146. The quantitative estimate of drug-likeness (QED) is 0.747. The number of aliphatic hydroxyl groups excluding tert-OH is 1. The molecule has 0 bridgehead atoms. The number of anilines is 1. The molecule has 0 saturated carbocycles. The van der Waals surface area contributed by atoms with Gasteiger partial charge in [0.25, 0.3) is 5.91 Å². The summed E-state index contributed by atoms with van der Waals surface area (Å²) < 4.78 is 12.0. The molecule has 1 amide bonds. The van der Waals surface area contributed by atoms with Gasteiger partial charge in [-0.2, -0.15) is 0 Å². The van der Waals surface area contributed by atoms with Crippen LogP contribution in [0.1, 0.15) is 18.9 Å². The lowest BCUT2D eigenvalue weighted by Crippen LogP contribution is -2.51. The smallest absolute Gasteiger partial charge is 0.264 e. The zero-order chi connectivity index (χ0) is 21.7. The van der Waals surface area contributed by atoms with Gasteiger partial charge < -0.3 is 19.5 Å². The number of likely N-dealkylation sites (N-methyl/N-ethyl adjacent to an activating group) is 1. The molecule has 2 aliphatic heterocycles. The monoisotopic (exact) mass is 425 g/mol. The van der Waals surface area contributed by atoms with E-state index in [0.29, 0.717) is 6.42 Å². The van der Waals surface area contributed by atoms with Crippen LogP contribution in [0.3, 0.4) is 0 Å². The maximum atomic E-state index is 13.6. The fourth-order valence-electron chi connectivity index (χ4n) is 5.77. The average molecular weight is 426 g/mol. The molecule has 2 aliphatic rings. The van der Waals surface area contributed by atoms with Crippen LogP contribution in [0.5, 0.6) is 5.75 Å². The van der Waals surface area contributed by atoms with Gasteiger partial charge in [0.2, 0.25) is 0 Å². The van der Waals surface area contributed by atoms with Gasteiger partial charge in [-0.05, 0) is 30.2 Å². The van der Waals surface area contributed by atoms with E-state index in [1.54, 1.807) is 12.0 Å². The number of carbonyl (C=O) groups excluding carboxylic acids is 1. The van der Waals surface area contributed by atoms with Crippen molar-refractivity contribution in [1.82, 2.24) is 0 Å². The van der Waals surface area contributed by atoms with Crippen molar-refractivity contribution in [2.75, 3.05) is 25.7 Å². The van der Waals surface area contributed by atoms with E-state index in [-0.39, 0.29) is 30.1 Å².